The Balaban J connectivity index is 0.00000300. The molecule has 0 radical (unpaired) electrons. The van der Waals surface area contributed by atoms with Gasteiger partial charge in [0.1, 0.15) is 6.04 Å². The van der Waals surface area contributed by atoms with Crippen LogP contribution in [0.4, 0.5) is 0 Å². The topological polar surface area (TPSA) is 84.2 Å². The van der Waals surface area contributed by atoms with Crippen molar-refractivity contribution in [1.82, 2.24) is 10.6 Å². The summed E-state index contributed by atoms with van der Waals surface area (Å²) in [5.41, 5.74) is 6.88. The lowest BCUT2D eigenvalue weighted by Crippen LogP contribution is -2.53. The lowest BCUT2D eigenvalue weighted by atomic mass is 9.91. The SMILES string of the molecule is CC(C)C(NC(=O)Cc1ccc2ccccc2c1)C(=O)NC1CCC(N)CC1.Cl. The van der Waals surface area contributed by atoms with Crippen molar-refractivity contribution in [3.63, 3.8) is 0 Å². The summed E-state index contributed by atoms with van der Waals surface area (Å²) < 4.78 is 0. The summed E-state index contributed by atoms with van der Waals surface area (Å²) in [6.07, 6.45) is 3.95. The second kappa shape index (κ2) is 10.6. The van der Waals surface area contributed by atoms with Crippen molar-refractivity contribution in [2.45, 2.75) is 64.1 Å². The Bertz CT molecular complexity index is 832. The van der Waals surface area contributed by atoms with Gasteiger partial charge in [0.25, 0.3) is 0 Å². The number of hydrogen-bond acceptors (Lipinski definition) is 3. The zero-order chi connectivity index (χ0) is 20.1. The van der Waals surface area contributed by atoms with E-state index in [0.29, 0.717) is 0 Å². The number of hydrogen-bond donors (Lipinski definition) is 3. The monoisotopic (exact) mass is 417 g/mol. The Morgan fingerprint density at radius 2 is 1.69 bits per heavy atom. The quantitative estimate of drug-likeness (QED) is 0.674. The summed E-state index contributed by atoms with van der Waals surface area (Å²) in [5.74, 6) is -0.205. The van der Waals surface area contributed by atoms with E-state index < -0.39 is 6.04 Å². The van der Waals surface area contributed by atoms with Gasteiger partial charge in [0.15, 0.2) is 0 Å². The number of carbonyl (C=O) groups excluding carboxylic acids is 2. The lowest BCUT2D eigenvalue weighted by Gasteiger charge is -2.29. The van der Waals surface area contributed by atoms with Gasteiger partial charge in [0, 0.05) is 12.1 Å². The average Bonchev–Trinajstić information content (AvgIpc) is 2.67. The molecule has 4 N–H and O–H groups in total. The summed E-state index contributed by atoms with van der Waals surface area (Å²) in [6, 6.07) is 14.0. The Hall–Kier alpha value is -2.11. The maximum atomic E-state index is 12.7. The van der Waals surface area contributed by atoms with E-state index >= 15 is 0 Å². The molecule has 158 valence electrons. The van der Waals surface area contributed by atoms with Gasteiger partial charge < -0.3 is 16.4 Å². The van der Waals surface area contributed by atoms with Crippen molar-refractivity contribution in [3.05, 3.63) is 48.0 Å². The third-order valence-electron chi connectivity index (χ3n) is 5.56. The lowest BCUT2D eigenvalue weighted by molar-refractivity contribution is -0.130. The molecule has 1 aliphatic rings. The predicted octanol–water partition coefficient (Wildman–Crippen LogP) is 3.33. The minimum Gasteiger partial charge on any atom is -0.352 e. The van der Waals surface area contributed by atoms with Crippen molar-refractivity contribution < 1.29 is 9.59 Å². The second-order valence-electron chi connectivity index (χ2n) is 8.27. The van der Waals surface area contributed by atoms with Crippen LogP contribution in [0.15, 0.2) is 42.5 Å². The maximum Gasteiger partial charge on any atom is 0.243 e. The van der Waals surface area contributed by atoms with E-state index in [9.17, 15) is 9.59 Å². The Morgan fingerprint density at radius 3 is 2.34 bits per heavy atom. The highest BCUT2D eigenvalue weighted by molar-refractivity contribution is 5.90. The van der Waals surface area contributed by atoms with Crippen molar-refractivity contribution in [3.8, 4) is 0 Å². The first-order valence-corrected chi connectivity index (χ1v) is 10.3. The number of halogens is 1. The molecular weight excluding hydrogens is 386 g/mol. The molecule has 1 atom stereocenters. The first kappa shape index (κ1) is 23.2. The van der Waals surface area contributed by atoms with Crippen LogP contribution in [-0.2, 0) is 16.0 Å². The van der Waals surface area contributed by atoms with Gasteiger partial charge in [-0.05, 0) is 47.9 Å². The number of rotatable bonds is 6. The molecule has 6 heteroatoms. The molecule has 0 saturated heterocycles. The standard InChI is InChI=1S/C23H31N3O2.ClH/c1-15(2)22(23(28)25-20-11-9-19(24)10-12-20)26-21(27)14-16-7-8-17-5-3-4-6-18(17)13-16;/h3-8,13,15,19-20,22H,9-12,14,24H2,1-2H3,(H,25,28)(H,26,27);1H. The van der Waals surface area contributed by atoms with Crippen molar-refractivity contribution in [2.24, 2.45) is 11.7 Å². The summed E-state index contributed by atoms with van der Waals surface area (Å²) in [4.78, 5) is 25.3. The number of fused-ring (bicyclic) bond motifs is 1. The largest absolute Gasteiger partial charge is 0.352 e. The molecule has 2 amide bonds. The van der Waals surface area contributed by atoms with E-state index in [4.69, 9.17) is 5.73 Å². The summed E-state index contributed by atoms with van der Waals surface area (Å²) in [6.45, 7) is 3.91. The van der Waals surface area contributed by atoms with E-state index in [1.54, 1.807) is 0 Å². The number of benzene rings is 2. The smallest absolute Gasteiger partial charge is 0.243 e. The summed E-state index contributed by atoms with van der Waals surface area (Å²) >= 11 is 0. The zero-order valence-electron chi connectivity index (χ0n) is 17.2. The molecule has 1 saturated carbocycles. The third kappa shape index (κ3) is 6.44. The molecule has 0 heterocycles. The first-order chi connectivity index (χ1) is 13.4. The summed E-state index contributed by atoms with van der Waals surface area (Å²) in [7, 11) is 0. The minimum atomic E-state index is -0.524. The van der Waals surface area contributed by atoms with Crippen LogP contribution in [0.2, 0.25) is 0 Å². The fourth-order valence-electron chi connectivity index (χ4n) is 3.85. The fraction of sp³-hybridized carbons (Fsp3) is 0.478. The van der Waals surface area contributed by atoms with Crippen molar-refractivity contribution in [2.75, 3.05) is 0 Å². The highest BCUT2D eigenvalue weighted by Crippen LogP contribution is 2.18. The third-order valence-corrected chi connectivity index (χ3v) is 5.56. The zero-order valence-corrected chi connectivity index (χ0v) is 18.0. The van der Waals surface area contributed by atoms with Gasteiger partial charge in [-0.1, -0.05) is 56.3 Å². The van der Waals surface area contributed by atoms with Crippen molar-refractivity contribution in [1.29, 1.82) is 0 Å². The van der Waals surface area contributed by atoms with E-state index in [0.717, 1.165) is 42.0 Å². The van der Waals surface area contributed by atoms with Gasteiger partial charge in [0.05, 0.1) is 6.42 Å². The molecular formula is C23H32ClN3O2. The molecule has 2 aromatic carbocycles. The normalized spacial score (nSPS) is 20.0. The van der Waals surface area contributed by atoms with Gasteiger partial charge in [-0.25, -0.2) is 0 Å². The van der Waals surface area contributed by atoms with Crippen LogP contribution < -0.4 is 16.4 Å². The Labute approximate surface area is 179 Å². The molecule has 0 aromatic heterocycles. The van der Waals surface area contributed by atoms with Crippen LogP contribution in [0.5, 0.6) is 0 Å². The fourth-order valence-corrected chi connectivity index (χ4v) is 3.85. The number of nitrogens with one attached hydrogen (secondary N) is 2. The molecule has 3 rings (SSSR count). The molecule has 2 aromatic rings. The Morgan fingerprint density at radius 1 is 1.03 bits per heavy atom. The molecule has 0 aliphatic heterocycles. The van der Waals surface area contributed by atoms with E-state index in [1.165, 1.54) is 0 Å². The van der Waals surface area contributed by atoms with E-state index in [1.807, 2.05) is 50.2 Å². The van der Waals surface area contributed by atoms with Crippen LogP contribution in [0.1, 0.15) is 45.1 Å². The first-order valence-electron chi connectivity index (χ1n) is 10.3. The predicted molar refractivity (Wildman–Crippen MR) is 120 cm³/mol. The molecule has 1 fully saturated rings. The van der Waals surface area contributed by atoms with E-state index in [2.05, 4.69) is 16.7 Å². The molecule has 0 bridgehead atoms. The van der Waals surface area contributed by atoms with Crippen LogP contribution in [0.25, 0.3) is 10.8 Å². The van der Waals surface area contributed by atoms with Crippen molar-refractivity contribution >= 4 is 35.0 Å². The maximum absolute atomic E-state index is 12.7. The highest BCUT2D eigenvalue weighted by atomic mass is 35.5. The summed E-state index contributed by atoms with van der Waals surface area (Å²) in [5, 5.41) is 8.30. The van der Waals surface area contributed by atoms with Gasteiger partial charge in [-0.3, -0.25) is 9.59 Å². The molecule has 0 spiro atoms. The van der Waals surface area contributed by atoms with Gasteiger partial charge in [0.2, 0.25) is 11.8 Å². The minimum absolute atomic E-state index is 0. The van der Waals surface area contributed by atoms with Gasteiger partial charge in [-0.15, -0.1) is 12.4 Å². The van der Waals surface area contributed by atoms with Crippen LogP contribution >= 0.6 is 12.4 Å². The van der Waals surface area contributed by atoms with Gasteiger partial charge >= 0.3 is 0 Å². The molecule has 1 unspecified atom stereocenters. The van der Waals surface area contributed by atoms with Gasteiger partial charge in [-0.2, -0.15) is 0 Å². The highest BCUT2D eigenvalue weighted by Gasteiger charge is 2.27. The number of carbonyl (C=O) groups is 2. The van der Waals surface area contributed by atoms with E-state index in [-0.39, 0.29) is 48.6 Å². The van der Waals surface area contributed by atoms with Crippen LogP contribution in [0.3, 0.4) is 0 Å². The molecule has 29 heavy (non-hydrogen) atoms. The average molecular weight is 418 g/mol. The molecule has 5 nitrogen and oxygen atoms in total. The second-order valence-corrected chi connectivity index (χ2v) is 8.27. The Kier molecular flexibility index (Phi) is 8.47. The number of amides is 2. The van der Waals surface area contributed by atoms with Crippen LogP contribution in [-0.4, -0.2) is 29.9 Å². The number of nitrogens with two attached hydrogens (primary N) is 1. The molecule has 1 aliphatic carbocycles. The van der Waals surface area contributed by atoms with Crippen LogP contribution in [0, 0.1) is 5.92 Å².